The smallest absolute Gasteiger partial charge is 0.247 e. The van der Waals surface area contributed by atoms with Crippen molar-refractivity contribution < 1.29 is 19.5 Å². The van der Waals surface area contributed by atoms with Crippen LogP contribution in [0.15, 0.2) is 25.3 Å². The Morgan fingerprint density at radius 3 is 2.44 bits per heavy atom. The summed E-state index contributed by atoms with van der Waals surface area (Å²) in [7, 11) is 1.76. The Balaban J connectivity index is 2.01. The lowest BCUT2D eigenvalue weighted by Crippen LogP contribution is -2.58. The molecule has 190 valence electrons. The van der Waals surface area contributed by atoms with Gasteiger partial charge in [0.05, 0.1) is 16.6 Å². The zero-order valence-corrected chi connectivity index (χ0v) is 22.0. The van der Waals surface area contributed by atoms with Crippen molar-refractivity contribution in [2.75, 3.05) is 33.3 Å². The Kier molecular flexibility index (Phi) is 8.23. The van der Waals surface area contributed by atoms with E-state index in [2.05, 4.69) is 13.2 Å². The molecule has 34 heavy (non-hydrogen) atoms. The van der Waals surface area contributed by atoms with Crippen molar-refractivity contribution in [3.05, 3.63) is 25.3 Å². The summed E-state index contributed by atoms with van der Waals surface area (Å²) >= 11 is 1.71. The molecule has 3 aliphatic heterocycles. The van der Waals surface area contributed by atoms with Gasteiger partial charge in [0.15, 0.2) is 0 Å². The zero-order chi connectivity index (χ0) is 25.3. The minimum atomic E-state index is -0.587. The van der Waals surface area contributed by atoms with Gasteiger partial charge in [-0.15, -0.1) is 24.9 Å². The Labute approximate surface area is 208 Å². The number of thioether (sulfide) groups is 1. The standard InChI is InChI=1S/C26H41N3O4S/c1-7-14-27(6)22(31)19-18-12-13-26(34-18)20(19)23(32)28(16-10-9-11-17-30)21(26)24(33)29(15-8-2)25(3,4)5/h7-8,18-21,30H,1-2,9-17H2,3-6H3/t18-,19+,20+,21?,26?/m1/s1. The van der Waals surface area contributed by atoms with Crippen molar-refractivity contribution in [2.24, 2.45) is 11.8 Å². The van der Waals surface area contributed by atoms with Gasteiger partial charge < -0.3 is 19.8 Å². The molecule has 3 heterocycles. The van der Waals surface area contributed by atoms with Gasteiger partial charge in [-0.05, 0) is 52.9 Å². The highest BCUT2D eigenvalue weighted by atomic mass is 32.2. The van der Waals surface area contributed by atoms with Crippen molar-refractivity contribution in [1.29, 1.82) is 0 Å². The van der Waals surface area contributed by atoms with Crippen molar-refractivity contribution in [2.45, 2.75) is 74.5 Å². The molecule has 3 fully saturated rings. The molecule has 0 aromatic carbocycles. The molecular weight excluding hydrogens is 450 g/mol. The molecular formula is C26H41N3O4S. The number of aliphatic hydroxyl groups excluding tert-OH is 1. The van der Waals surface area contributed by atoms with Crippen LogP contribution < -0.4 is 0 Å². The van der Waals surface area contributed by atoms with Gasteiger partial charge >= 0.3 is 0 Å². The summed E-state index contributed by atoms with van der Waals surface area (Å²) in [6, 6.07) is -0.587. The fraction of sp³-hybridized carbons (Fsp3) is 0.731. The molecule has 0 saturated carbocycles. The third-order valence-corrected chi connectivity index (χ3v) is 9.49. The van der Waals surface area contributed by atoms with Crippen molar-refractivity contribution in [3.63, 3.8) is 0 Å². The number of amides is 3. The Hall–Kier alpha value is -1.80. The topological polar surface area (TPSA) is 81.2 Å². The second-order valence-corrected chi connectivity index (χ2v) is 12.4. The molecule has 2 bridgehead atoms. The summed E-state index contributed by atoms with van der Waals surface area (Å²) in [6.07, 6.45) is 7.21. The maximum Gasteiger partial charge on any atom is 0.247 e. The molecule has 0 radical (unpaired) electrons. The minimum Gasteiger partial charge on any atom is -0.396 e. The molecule has 1 N–H and O–H groups in total. The van der Waals surface area contributed by atoms with Gasteiger partial charge in [0.25, 0.3) is 0 Å². The molecule has 0 aromatic heterocycles. The molecule has 5 atom stereocenters. The van der Waals surface area contributed by atoms with Crippen LogP contribution in [0, 0.1) is 11.8 Å². The summed E-state index contributed by atoms with van der Waals surface area (Å²) < 4.78 is -0.574. The van der Waals surface area contributed by atoms with Gasteiger partial charge in [-0.2, -0.15) is 0 Å². The summed E-state index contributed by atoms with van der Waals surface area (Å²) in [5.41, 5.74) is -0.424. The number of fused-ring (bicyclic) bond motifs is 1. The molecule has 0 aromatic rings. The number of aliphatic hydroxyl groups is 1. The average molecular weight is 492 g/mol. The first-order valence-electron chi connectivity index (χ1n) is 12.4. The van der Waals surface area contributed by atoms with Crippen LogP contribution in [0.3, 0.4) is 0 Å². The molecule has 3 amide bonds. The number of hydrogen-bond donors (Lipinski definition) is 1. The number of carbonyl (C=O) groups excluding carboxylic acids is 3. The first kappa shape index (κ1) is 26.8. The van der Waals surface area contributed by atoms with Gasteiger partial charge in [-0.3, -0.25) is 14.4 Å². The first-order valence-corrected chi connectivity index (χ1v) is 13.3. The van der Waals surface area contributed by atoms with Gasteiger partial charge in [-0.25, -0.2) is 0 Å². The minimum absolute atomic E-state index is 0.0237. The summed E-state index contributed by atoms with van der Waals surface area (Å²) in [5.74, 6) is -1.02. The zero-order valence-electron chi connectivity index (χ0n) is 21.2. The van der Waals surface area contributed by atoms with E-state index >= 15 is 0 Å². The molecule has 2 unspecified atom stereocenters. The Bertz CT molecular complexity index is 825. The summed E-state index contributed by atoms with van der Waals surface area (Å²) in [5, 5.41) is 9.23. The van der Waals surface area contributed by atoms with E-state index in [4.69, 9.17) is 0 Å². The Morgan fingerprint density at radius 2 is 1.85 bits per heavy atom. The van der Waals surface area contributed by atoms with Gasteiger partial charge in [0, 0.05) is 44.1 Å². The van der Waals surface area contributed by atoms with E-state index in [0.29, 0.717) is 26.1 Å². The molecule has 3 rings (SSSR count). The lowest BCUT2D eigenvalue weighted by atomic mass is 9.70. The van der Waals surface area contributed by atoms with Crippen LogP contribution in [0.2, 0.25) is 0 Å². The van der Waals surface area contributed by atoms with E-state index in [9.17, 15) is 19.5 Å². The van der Waals surface area contributed by atoms with E-state index in [1.165, 1.54) is 0 Å². The van der Waals surface area contributed by atoms with E-state index in [1.54, 1.807) is 40.8 Å². The highest BCUT2D eigenvalue weighted by Crippen LogP contribution is 2.66. The van der Waals surface area contributed by atoms with E-state index in [-0.39, 0.29) is 29.6 Å². The number of likely N-dealkylation sites (N-methyl/N-ethyl adjacent to an activating group) is 1. The molecule has 0 aliphatic carbocycles. The lowest BCUT2D eigenvalue weighted by molar-refractivity contribution is -0.146. The number of hydrogen-bond acceptors (Lipinski definition) is 5. The van der Waals surface area contributed by atoms with Crippen LogP contribution in [-0.4, -0.2) is 92.4 Å². The van der Waals surface area contributed by atoms with Crippen LogP contribution in [0.4, 0.5) is 0 Å². The van der Waals surface area contributed by atoms with Crippen LogP contribution in [-0.2, 0) is 14.4 Å². The third-order valence-electron chi connectivity index (χ3n) is 7.54. The fourth-order valence-electron chi connectivity index (χ4n) is 6.03. The van der Waals surface area contributed by atoms with Crippen molar-refractivity contribution in [1.82, 2.24) is 14.7 Å². The maximum absolute atomic E-state index is 14.2. The predicted octanol–water partition coefficient (Wildman–Crippen LogP) is 2.70. The molecule has 7 nitrogen and oxygen atoms in total. The largest absolute Gasteiger partial charge is 0.396 e. The maximum atomic E-state index is 14.2. The number of likely N-dealkylation sites (tertiary alicyclic amines) is 1. The monoisotopic (exact) mass is 491 g/mol. The van der Waals surface area contributed by atoms with E-state index in [0.717, 1.165) is 25.7 Å². The number of nitrogens with zero attached hydrogens (tertiary/aromatic N) is 3. The van der Waals surface area contributed by atoms with Gasteiger partial charge in [0.1, 0.15) is 6.04 Å². The molecule has 3 saturated heterocycles. The number of carbonyl (C=O) groups is 3. The fourth-order valence-corrected chi connectivity index (χ4v) is 8.24. The third kappa shape index (κ3) is 4.55. The second-order valence-electron chi connectivity index (χ2n) is 10.8. The highest BCUT2D eigenvalue weighted by molar-refractivity contribution is 8.02. The number of unbranched alkanes of at least 4 members (excludes halogenated alkanes) is 2. The first-order chi connectivity index (χ1) is 16.0. The van der Waals surface area contributed by atoms with E-state index in [1.807, 2.05) is 25.7 Å². The quantitative estimate of drug-likeness (QED) is 0.355. The van der Waals surface area contributed by atoms with Crippen LogP contribution in [0.25, 0.3) is 0 Å². The number of rotatable bonds is 11. The average Bonchev–Trinajstić information content (AvgIpc) is 3.41. The van der Waals surface area contributed by atoms with Crippen LogP contribution in [0.1, 0.15) is 52.9 Å². The summed E-state index contributed by atoms with van der Waals surface area (Å²) in [4.78, 5) is 46.8. The van der Waals surface area contributed by atoms with Crippen LogP contribution in [0.5, 0.6) is 0 Å². The van der Waals surface area contributed by atoms with Crippen molar-refractivity contribution >= 4 is 29.5 Å². The Morgan fingerprint density at radius 1 is 1.18 bits per heavy atom. The SMILES string of the molecule is C=CCN(C)C(=O)[C@@H]1[C@H]2C(=O)N(CCCCCO)C(C(=O)N(CC=C)C(C)(C)C)C23CC[C@H]1S3. The normalized spacial score (nSPS) is 29.8. The van der Waals surface area contributed by atoms with E-state index < -0.39 is 28.2 Å². The second kappa shape index (κ2) is 10.4. The molecule has 3 aliphatic rings. The van der Waals surface area contributed by atoms with Gasteiger partial charge in [-0.1, -0.05) is 12.2 Å². The van der Waals surface area contributed by atoms with Crippen molar-refractivity contribution in [3.8, 4) is 0 Å². The molecule has 8 heteroatoms. The molecule has 1 spiro atoms. The summed E-state index contributed by atoms with van der Waals surface area (Å²) in [6.45, 7) is 15.0. The lowest BCUT2D eigenvalue weighted by Gasteiger charge is -2.42. The van der Waals surface area contributed by atoms with Gasteiger partial charge in [0.2, 0.25) is 17.7 Å². The van der Waals surface area contributed by atoms with Crippen LogP contribution >= 0.6 is 11.8 Å². The predicted molar refractivity (Wildman–Crippen MR) is 136 cm³/mol. The highest BCUT2D eigenvalue weighted by Gasteiger charge is 2.74.